The van der Waals surface area contributed by atoms with Crippen LogP contribution in [-0.4, -0.2) is 33.3 Å². The third-order valence-corrected chi connectivity index (χ3v) is 4.72. The second kappa shape index (κ2) is 8.73. The van der Waals surface area contributed by atoms with Gasteiger partial charge in [-0.1, -0.05) is 12.1 Å². The van der Waals surface area contributed by atoms with Crippen molar-refractivity contribution in [2.45, 2.75) is 6.92 Å². The first-order valence-electron chi connectivity index (χ1n) is 9.77. The number of esters is 1. The smallest absolute Gasteiger partial charge is 0.418 e. The topological polar surface area (TPSA) is 108 Å². The van der Waals surface area contributed by atoms with Gasteiger partial charge in [0, 0.05) is 29.4 Å². The molecule has 4 rings (SSSR count). The highest BCUT2D eigenvalue weighted by atomic mass is 16.5. The Morgan fingerprint density at radius 2 is 1.88 bits per heavy atom. The number of carbonyl (C=O) groups is 2. The third kappa shape index (κ3) is 3.93. The predicted molar refractivity (Wildman–Crippen MR) is 117 cm³/mol. The number of fused-ring (bicyclic) bond motifs is 1. The summed E-state index contributed by atoms with van der Waals surface area (Å²) in [5, 5.41) is 10.8. The van der Waals surface area contributed by atoms with E-state index in [1.165, 1.54) is 47.3 Å². The number of aromatic hydroxyl groups is 1. The highest BCUT2D eigenvalue weighted by Gasteiger charge is 2.19. The Morgan fingerprint density at radius 3 is 2.59 bits per heavy atom. The molecule has 0 saturated heterocycles. The van der Waals surface area contributed by atoms with Gasteiger partial charge in [0.15, 0.2) is 16.9 Å². The van der Waals surface area contributed by atoms with E-state index in [0.29, 0.717) is 16.5 Å². The minimum atomic E-state index is -0.685. The molecule has 32 heavy (non-hydrogen) atoms. The molecule has 0 unspecified atom stereocenters. The molecule has 2 heterocycles. The quantitative estimate of drug-likeness (QED) is 0.385. The van der Waals surface area contributed by atoms with Gasteiger partial charge in [0.25, 0.3) is 0 Å². The molecule has 0 amide bonds. The summed E-state index contributed by atoms with van der Waals surface area (Å²) >= 11 is 0. The highest BCUT2D eigenvalue weighted by Crippen LogP contribution is 2.33. The van der Waals surface area contributed by atoms with Crippen LogP contribution in [0.1, 0.15) is 17.3 Å². The molecular weight excluding hydrogens is 412 g/mol. The lowest BCUT2D eigenvalue weighted by molar-refractivity contribution is 0.0729. The van der Waals surface area contributed by atoms with Crippen molar-refractivity contribution < 1.29 is 24.2 Å². The second-order valence-corrected chi connectivity index (χ2v) is 6.76. The first kappa shape index (κ1) is 20.8. The molecule has 2 aromatic carbocycles. The molecule has 0 aliphatic carbocycles. The zero-order chi connectivity index (χ0) is 22.7. The van der Waals surface area contributed by atoms with Crippen molar-refractivity contribution in [1.29, 1.82) is 0 Å². The van der Waals surface area contributed by atoms with E-state index in [-0.39, 0.29) is 34.8 Å². The van der Waals surface area contributed by atoms with Gasteiger partial charge in [0.2, 0.25) is 0 Å². The molecule has 0 spiro atoms. The first-order valence-corrected chi connectivity index (χ1v) is 9.77. The Morgan fingerprint density at radius 1 is 1.06 bits per heavy atom. The highest BCUT2D eigenvalue weighted by molar-refractivity contribution is 5.93. The summed E-state index contributed by atoms with van der Waals surface area (Å²) in [5.41, 5.74) is 0.900. The van der Waals surface area contributed by atoms with Crippen molar-refractivity contribution >= 4 is 23.0 Å². The number of benzene rings is 2. The van der Waals surface area contributed by atoms with E-state index in [9.17, 15) is 19.5 Å². The van der Waals surface area contributed by atoms with Crippen LogP contribution in [0.2, 0.25) is 0 Å². The van der Waals surface area contributed by atoms with Crippen LogP contribution < -0.4 is 10.2 Å². The summed E-state index contributed by atoms with van der Waals surface area (Å²) in [6.07, 6.45) is 2.21. The molecule has 4 aromatic rings. The van der Waals surface area contributed by atoms with Crippen LogP contribution in [0.15, 0.2) is 77.9 Å². The molecule has 0 bridgehead atoms. The van der Waals surface area contributed by atoms with Gasteiger partial charge in [0.05, 0.1) is 23.4 Å². The minimum absolute atomic E-state index is 0.0755. The number of aromatic nitrogens is 2. The van der Waals surface area contributed by atoms with Gasteiger partial charge in [-0.15, -0.1) is 0 Å². The fraction of sp³-hybridized carbons (Fsp3) is 0.0833. The molecule has 0 atom stereocenters. The molecule has 0 aliphatic heterocycles. The molecule has 0 saturated carbocycles. The van der Waals surface area contributed by atoms with Crippen molar-refractivity contribution in [1.82, 2.24) is 9.55 Å². The lowest BCUT2D eigenvalue weighted by Crippen LogP contribution is -2.20. The Hall–Kier alpha value is -4.46. The number of pyridine rings is 2. The van der Waals surface area contributed by atoms with Crippen LogP contribution >= 0.6 is 0 Å². The number of hydrogen-bond acceptors (Lipinski definition) is 7. The Bertz CT molecular complexity index is 1380. The Kier molecular flexibility index (Phi) is 5.67. The normalized spacial score (nSPS) is 10.7. The van der Waals surface area contributed by atoms with Crippen LogP contribution in [0.3, 0.4) is 0 Å². The monoisotopic (exact) mass is 430 g/mol. The van der Waals surface area contributed by atoms with Gasteiger partial charge in [0.1, 0.15) is 0 Å². The predicted octanol–water partition coefficient (Wildman–Crippen LogP) is 3.99. The number of para-hydroxylation sites is 1. The van der Waals surface area contributed by atoms with E-state index in [1.807, 2.05) is 0 Å². The fourth-order valence-electron chi connectivity index (χ4n) is 3.28. The molecule has 0 fully saturated rings. The van der Waals surface area contributed by atoms with Crippen LogP contribution in [0, 0.1) is 0 Å². The molecule has 0 radical (unpaired) electrons. The third-order valence-electron chi connectivity index (χ3n) is 4.72. The molecule has 160 valence electrons. The van der Waals surface area contributed by atoms with Crippen LogP contribution in [0.4, 0.5) is 4.79 Å². The summed E-state index contributed by atoms with van der Waals surface area (Å²) in [5.74, 6) is -1.10. The summed E-state index contributed by atoms with van der Waals surface area (Å²) in [7, 11) is 0. The van der Waals surface area contributed by atoms with E-state index in [0.717, 1.165) is 0 Å². The largest absolute Gasteiger partial charge is 0.504 e. The van der Waals surface area contributed by atoms with E-state index < -0.39 is 12.1 Å². The van der Waals surface area contributed by atoms with Crippen molar-refractivity contribution in [2.24, 2.45) is 0 Å². The number of ether oxygens (including phenoxy) is 2. The van der Waals surface area contributed by atoms with Gasteiger partial charge in [-0.2, -0.15) is 0 Å². The van der Waals surface area contributed by atoms with Gasteiger partial charge in [-0.25, -0.2) is 14.2 Å². The Balaban J connectivity index is 1.78. The van der Waals surface area contributed by atoms with Gasteiger partial charge >= 0.3 is 12.1 Å². The van der Waals surface area contributed by atoms with Gasteiger partial charge in [-0.3, -0.25) is 9.78 Å². The number of phenols is 1. The Labute approximate surface area is 182 Å². The fourth-order valence-corrected chi connectivity index (χ4v) is 3.28. The maximum atomic E-state index is 12.7. The number of nitrogens with zero attached hydrogens (tertiary/aromatic N) is 2. The van der Waals surface area contributed by atoms with Crippen LogP contribution in [0.5, 0.6) is 11.5 Å². The van der Waals surface area contributed by atoms with Gasteiger partial charge < -0.3 is 14.6 Å². The lowest BCUT2D eigenvalue weighted by Gasteiger charge is -2.16. The number of phenolic OH excluding ortho intramolecular Hbond substituents is 1. The molecule has 8 nitrogen and oxygen atoms in total. The van der Waals surface area contributed by atoms with E-state index in [4.69, 9.17) is 9.47 Å². The van der Waals surface area contributed by atoms with Crippen LogP contribution in [-0.2, 0) is 4.74 Å². The summed E-state index contributed by atoms with van der Waals surface area (Å²) in [6, 6.07) is 15.3. The zero-order valence-electron chi connectivity index (χ0n) is 17.0. The molecule has 2 aromatic heterocycles. The summed E-state index contributed by atoms with van der Waals surface area (Å²) < 4.78 is 11.7. The van der Waals surface area contributed by atoms with Gasteiger partial charge in [-0.05, 0) is 49.4 Å². The maximum absolute atomic E-state index is 12.7. The lowest BCUT2D eigenvalue weighted by atomic mass is 10.1. The molecule has 1 N–H and O–H groups in total. The van der Waals surface area contributed by atoms with Crippen molar-refractivity contribution in [3.05, 3.63) is 88.8 Å². The van der Waals surface area contributed by atoms with E-state index in [1.54, 1.807) is 37.3 Å². The number of rotatable bonds is 4. The van der Waals surface area contributed by atoms with Crippen molar-refractivity contribution in [2.75, 3.05) is 6.61 Å². The van der Waals surface area contributed by atoms with E-state index in [2.05, 4.69) is 4.98 Å². The number of carbonyl (C=O) groups excluding carboxylic acids is 2. The average molecular weight is 430 g/mol. The summed E-state index contributed by atoms with van der Waals surface area (Å²) in [6.45, 7) is 1.83. The van der Waals surface area contributed by atoms with Crippen molar-refractivity contribution in [3.63, 3.8) is 0 Å². The van der Waals surface area contributed by atoms with Crippen molar-refractivity contribution in [3.8, 4) is 22.8 Å². The van der Waals surface area contributed by atoms with E-state index >= 15 is 0 Å². The average Bonchev–Trinajstić information content (AvgIpc) is 2.81. The minimum Gasteiger partial charge on any atom is -0.504 e. The molecular formula is C24H18N2O6. The summed E-state index contributed by atoms with van der Waals surface area (Å²) in [4.78, 5) is 41.5. The molecule has 8 heteroatoms. The SMILES string of the molecule is CCOC(=O)n1c(-c2ccc(OC(=O)c3cccnc3)c(O)c2)cc(=O)c2ccccc21. The molecule has 0 aliphatic rings. The second-order valence-electron chi connectivity index (χ2n) is 6.76. The standard InChI is InChI=1S/C24H18N2O6/c1-2-31-24(30)26-18-8-4-3-7-17(18)20(27)13-19(26)15-9-10-22(21(28)12-15)32-23(29)16-6-5-11-25-14-16/h3-14,28H,2H2,1H3. The first-order chi connectivity index (χ1) is 15.5. The zero-order valence-corrected chi connectivity index (χ0v) is 17.0. The van der Waals surface area contributed by atoms with Crippen LogP contribution in [0.25, 0.3) is 22.2 Å². The maximum Gasteiger partial charge on any atom is 0.418 e. The number of hydrogen-bond donors (Lipinski definition) is 1.